The molecule has 1 aromatic heterocycles. The maximum Gasteiger partial charge on any atom is 0.192 e. The number of rotatable bonds is 1. The van der Waals surface area contributed by atoms with Crippen LogP contribution in [0.4, 0.5) is 0 Å². The van der Waals surface area contributed by atoms with Crippen LogP contribution in [0, 0.1) is 11.3 Å². The molecule has 0 N–H and O–H groups in total. The van der Waals surface area contributed by atoms with E-state index in [0.29, 0.717) is 11.3 Å². The molecule has 1 heterocycles. The Morgan fingerprint density at radius 2 is 2.40 bits per heavy atom. The molecule has 0 spiro atoms. The lowest BCUT2D eigenvalue weighted by Gasteiger charge is -1.93. The van der Waals surface area contributed by atoms with Crippen LogP contribution in [0.3, 0.4) is 0 Å². The van der Waals surface area contributed by atoms with E-state index in [2.05, 4.69) is 4.98 Å². The van der Waals surface area contributed by atoms with E-state index in [1.165, 1.54) is 6.20 Å². The average molecular weight is 246 g/mol. The highest BCUT2D eigenvalue weighted by Crippen LogP contribution is 2.12. The minimum atomic E-state index is 0.508. The van der Waals surface area contributed by atoms with Crippen LogP contribution in [-0.2, 0) is 0 Å². The Labute approximate surface area is 72.3 Å². The molecule has 0 atom stereocenters. The molecule has 0 fully saturated rings. The maximum atomic E-state index is 8.41. The molecule has 3 nitrogen and oxygen atoms in total. The van der Waals surface area contributed by atoms with Gasteiger partial charge in [0.25, 0.3) is 0 Å². The Balaban J connectivity index is 3.01. The lowest BCUT2D eigenvalue weighted by atomic mass is 10.3. The molecule has 0 amide bonds. The molecular formula is C6H3IN2O. The summed E-state index contributed by atoms with van der Waals surface area (Å²) < 4.78 is 4.81. The third-order valence-electron chi connectivity index (χ3n) is 0.931. The van der Waals surface area contributed by atoms with Gasteiger partial charge in [-0.05, 0) is 0 Å². The summed E-state index contributed by atoms with van der Waals surface area (Å²) in [6.45, 7) is 0. The van der Waals surface area contributed by atoms with Gasteiger partial charge in [-0.15, -0.1) is 0 Å². The summed E-state index contributed by atoms with van der Waals surface area (Å²) in [5.41, 5.74) is 0.508. The predicted octanol–water partition coefficient (Wildman–Crippen LogP) is 1.68. The SMILES string of the molecule is N#Cc1cncc(OI)c1. The van der Waals surface area contributed by atoms with E-state index < -0.39 is 0 Å². The first kappa shape index (κ1) is 7.28. The molecule has 0 aliphatic heterocycles. The standard InChI is InChI=1S/C6H3IN2O/c7-10-6-1-5(2-8)3-9-4-6/h1,3-4H. The van der Waals surface area contributed by atoms with Crippen LogP contribution in [-0.4, -0.2) is 4.98 Å². The van der Waals surface area contributed by atoms with Crippen LogP contribution >= 0.6 is 23.0 Å². The van der Waals surface area contributed by atoms with Crippen LogP contribution in [0.2, 0.25) is 0 Å². The smallest absolute Gasteiger partial charge is 0.192 e. The van der Waals surface area contributed by atoms with E-state index in [4.69, 9.17) is 8.33 Å². The number of pyridine rings is 1. The molecule has 0 bridgehead atoms. The number of hydrogen-bond acceptors (Lipinski definition) is 3. The molecular weight excluding hydrogens is 243 g/mol. The number of aromatic nitrogens is 1. The first-order chi connectivity index (χ1) is 4.86. The van der Waals surface area contributed by atoms with Crippen molar-refractivity contribution in [1.82, 2.24) is 4.98 Å². The fourth-order valence-electron chi connectivity index (χ4n) is 0.522. The van der Waals surface area contributed by atoms with Crippen LogP contribution < -0.4 is 3.07 Å². The summed E-state index contributed by atoms with van der Waals surface area (Å²) in [6.07, 6.45) is 3.03. The first-order valence-electron chi connectivity index (χ1n) is 2.50. The number of halogens is 1. The number of nitriles is 1. The molecule has 50 valence electrons. The third kappa shape index (κ3) is 1.57. The quantitative estimate of drug-likeness (QED) is 0.708. The minimum Gasteiger partial charge on any atom is -0.426 e. The topological polar surface area (TPSA) is 45.9 Å². The van der Waals surface area contributed by atoms with E-state index in [9.17, 15) is 0 Å². The van der Waals surface area contributed by atoms with Gasteiger partial charge in [0.1, 0.15) is 6.07 Å². The van der Waals surface area contributed by atoms with E-state index >= 15 is 0 Å². The largest absolute Gasteiger partial charge is 0.426 e. The Hall–Kier alpha value is -0.830. The monoisotopic (exact) mass is 246 g/mol. The lowest BCUT2D eigenvalue weighted by Crippen LogP contribution is -1.79. The first-order valence-corrected chi connectivity index (χ1v) is 3.38. The highest BCUT2D eigenvalue weighted by atomic mass is 127. The highest BCUT2D eigenvalue weighted by Gasteiger charge is 1.93. The van der Waals surface area contributed by atoms with Crippen molar-refractivity contribution in [1.29, 1.82) is 5.26 Å². The molecule has 0 saturated heterocycles. The number of hydrogen-bond donors (Lipinski definition) is 0. The number of nitrogens with zero attached hydrogens (tertiary/aromatic N) is 2. The molecule has 1 aromatic rings. The van der Waals surface area contributed by atoms with Gasteiger partial charge in [-0.1, -0.05) is 0 Å². The normalized spacial score (nSPS) is 8.40. The summed E-state index contributed by atoms with van der Waals surface area (Å²) in [5, 5.41) is 8.41. The summed E-state index contributed by atoms with van der Waals surface area (Å²) >= 11 is 1.74. The summed E-state index contributed by atoms with van der Waals surface area (Å²) in [5.74, 6) is 0.597. The Kier molecular flexibility index (Phi) is 2.45. The van der Waals surface area contributed by atoms with Crippen molar-refractivity contribution < 1.29 is 3.07 Å². The Bertz CT molecular complexity index is 269. The molecule has 0 aliphatic rings. The maximum absolute atomic E-state index is 8.41. The fourth-order valence-corrected chi connectivity index (χ4v) is 0.763. The molecule has 4 heteroatoms. The second-order valence-corrected chi connectivity index (χ2v) is 2.04. The van der Waals surface area contributed by atoms with Crippen molar-refractivity contribution in [2.24, 2.45) is 0 Å². The Morgan fingerprint density at radius 1 is 1.60 bits per heavy atom. The molecule has 0 radical (unpaired) electrons. The van der Waals surface area contributed by atoms with Gasteiger partial charge in [-0.25, -0.2) is 0 Å². The zero-order valence-electron chi connectivity index (χ0n) is 4.91. The van der Waals surface area contributed by atoms with E-state index in [1.807, 2.05) is 6.07 Å². The average Bonchev–Trinajstić information content (AvgIpc) is 2.05. The van der Waals surface area contributed by atoms with Crippen molar-refractivity contribution in [2.45, 2.75) is 0 Å². The van der Waals surface area contributed by atoms with Gasteiger partial charge in [-0.2, -0.15) is 5.26 Å². The van der Waals surface area contributed by atoms with Crippen LogP contribution in [0.15, 0.2) is 18.5 Å². The summed E-state index contributed by atoms with van der Waals surface area (Å²) in [4.78, 5) is 3.77. The Morgan fingerprint density at radius 3 is 3.00 bits per heavy atom. The van der Waals surface area contributed by atoms with Gasteiger partial charge in [0.2, 0.25) is 0 Å². The van der Waals surface area contributed by atoms with E-state index in [0.717, 1.165) is 0 Å². The van der Waals surface area contributed by atoms with Gasteiger partial charge in [0, 0.05) is 12.3 Å². The molecule has 0 aliphatic carbocycles. The van der Waals surface area contributed by atoms with E-state index in [-0.39, 0.29) is 0 Å². The third-order valence-corrected chi connectivity index (χ3v) is 1.44. The molecule has 0 saturated carbocycles. The second kappa shape index (κ2) is 3.37. The van der Waals surface area contributed by atoms with Crippen molar-refractivity contribution in [2.75, 3.05) is 0 Å². The summed E-state index contributed by atoms with van der Waals surface area (Å²) in [6, 6.07) is 3.58. The summed E-state index contributed by atoms with van der Waals surface area (Å²) in [7, 11) is 0. The molecule has 10 heavy (non-hydrogen) atoms. The predicted molar refractivity (Wildman–Crippen MR) is 43.6 cm³/mol. The lowest BCUT2D eigenvalue weighted by molar-refractivity contribution is 0.710. The van der Waals surface area contributed by atoms with Gasteiger partial charge < -0.3 is 3.07 Å². The fraction of sp³-hybridized carbons (Fsp3) is 0. The van der Waals surface area contributed by atoms with Crippen molar-refractivity contribution in [3.8, 4) is 11.8 Å². The zero-order chi connectivity index (χ0) is 7.40. The van der Waals surface area contributed by atoms with Gasteiger partial charge >= 0.3 is 0 Å². The molecule has 1 rings (SSSR count). The van der Waals surface area contributed by atoms with Crippen molar-refractivity contribution in [3.05, 3.63) is 24.0 Å². The van der Waals surface area contributed by atoms with Crippen molar-refractivity contribution >= 4 is 23.0 Å². The minimum absolute atomic E-state index is 0.508. The van der Waals surface area contributed by atoms with Crippen LogP contribution in [0.1, 0.15) is 5.56 Å². The van der Waals surface area contributed by atoms with Crippen molar-refractivity contribution in [3.63, 3.8) is 0 Å². The van der Waals surface area contributed by atoms with Gasteiger partial charge in [0.15, 0.2) is 28.8 Å². The van der Waals surface area contributed by atoms with Crippen LogP contribution in [0.5, 0.6) is 5.75 Å². The second-order valence-electron chi connectivity index (χ2n) is 1.60. The van der Waals surface area contributed by atoms with Gasteiger partial charge in [0.05, 0.1) is 11.8 Å². The van der Waals surface area contributed by atoms with Gasteiger partial charge in [-0.3, -0.25) is 4.98 Å². The highest BCUT2D eigenvalue weighted by molar-refractivity contribution is 14.1. The molecule has 0 aromatic carbocycles. The molecule has 0 unspecified atom stereocenters. The van der Waals surface area contributed by atoms with E-state index in [1.54, 1.807) is 35.3 Å². The van der Waals surface area contributed by atoms with Crippen LogP contribution in [0.25, 0.3) is 0 Å². The zero-order valence-corrected chi connectivity index (χ0v) is 7.07.